The second-order valence-corrected chi connectivity index (χ2v) is 4.37. The van der Waals surface area contributed by atoms with Gasteiger partial charge in [0, 0.05) is 11.6 Å². The molecule has 2 rings (SSSR count). The molecule has 1 aromatic carbocycles. The molecule has 0 bridgehead atoms. The van der Waals surface area contributed by atoms with Gasteiger partial charge in [0.25, 0.3) is 5.91 Å². The number of aryl methyl sites for hydroxylation is 2. The summed E-state index contributed by atoms with van der Waals surface area (Å²) < 4.78 is 0. The summed E-state index contributed by atoms with van der Waals surface area (Å²) in [4.78, 5) is 12.0. The van der Waals surface area contributed by atoms with Gasteiger partial charge in [0.1, 0.15) is 0 Å². The van der Waals surface area contributed by atoms with E-state index in [2.05, 4.69) is 5.32 Å². The topological polar surface area (TPSA) is 29.1 Å². The standard InChI is InChI=1S/C13H17NO/c1-9-5-3-6-10(2)12(9)13(15)14-11-7-4-8-11/h3,5-6,11H,4,7-8H2,1-2H3,(H,14,15). The van der Waals surface area contributed by atoms with Gasteiger partial charge in [0.15, 0.2) is 0 Å². The average Bonchev–Trinajstić information content (AvgIpc) is 2.11. The van der Waals surface area contributed by atoms with E-state index in [-0.39, 0.29) is 5.91 Å². The van der Waals surface area contributed by atoms with E-state index in [9.17, 15) is 4.79 Å². The predicted molar refractivity (Wildman–Crippen MR) is 61.0 cm³/mol. The first-order chi connectivity index (χ1) is 7.18. The molecule has 0 aromatic heterocycles. The van der Waals surface area contributed by atoms with Crippen LogP contribution in [0.15, 0.2) is 18.2 Å². The van der Waals surface area contributed by atoms with E-state index in [0.29, 0.717) is 6.04 Å². The Labute approximate surface area is 90.7 Å². The first-order valence-electron chi connectivity index (χ1n) is 5.55. The maximum absolute atomic E-state index is 12.0. The second-order valence-electron chi connectivity index (χ2n) is 4.37. The lowest BCUT2D eigenvalue weighted by molar-refractivity contribution is 0.0915. The molecule has 80 valence electrons. The van der Waals surface area contributed by atoms with Gasteiger partial charge in [-0.1, -0.05) is 18.2 Å². The third kappa shape index (κ3) is 2.04. The van der Waals surface area contributed by atoms with Crippen LogP contribution in [0, 0.1) is 13.8 Å². The smallest absolute Gasteiger partial charge is 0.252 e. The maximum atomic E-state index is 12.0. The van der Waals surface area contributed by atoms with Gasteiger partial charge in [0.2, 0.25) is 0 Å². The summed E-state index contributed by atoms with van der Waals surface area (Å²) in [5.41, 5.74) is 2.98. The Balaban J connectivity index is 2.16. The molecule has 1 aliphatic rings. The number of carbonyl (C=O) groups is 1. The van der Waals surface area contributed by atoms with E-state index in [4.69, 9.17) is 0 Å². The van der Waals surface area contributed by atoms with E-state index in [1.807, 2.05) is 32.0 Å². The number of nitrogens with one attached hydrogen (secondary N) is 1. The lowest BCUT2D eigenvalue weighted by Crippen LogP contribution is -2.40. The Bertz CT molecular complexity index is 360. The van der Waals surface area contributed by atoms with Crippen LogP contribution in [0.5, 0.6) is 0 Å². The summed E-state index contributed by atoms with van der Waals surface area (Å²) >= 11 is 0. The third-order valence-corrected chi connectivity index (χ3v) is 3.15. The third-order valence-electron chi connectivity index (χ3n) is 3.15. The highest BCUT2D eigenvalue weighted by molar-refractivity contribution is 5.97. The van der Waals surface area contributed by atoms with E-state index in [1.165, 1.54) is 6.42 Å². The number of carbonyl (C=O) groups excluding carboxylic acids is 1. The summed E-state index contributed by atoms with van der Waals surface area (Å²) in [6, 6.07) is 6.38. The molecular weight excluding hydrogens is 186 g/mol. The van der Waals surface area contributed by atoms with Gasteiger partial charge >= 0.3 is 0 Å². The van der Waals surface area contributed by atoms with Crippen molar-refractivity contribution in [3.05, 3.63) is 34.9 Å². The molecule has 1 N–H and O–H groups in total. The van der Waals surface area contributed by atoms with Gasteiger partial charge in [-0.3, -0.25) is 4.79 Å². The zero-order chi connectivity index (χ0) is 10.8. The fourth-order valence-corrected chi connectivity index (χ4v) is 1.98. The Hall–Kier alpha value is -1.31. The molecule has 0 atom stereocenters. The average molecular weight is 203 g/mol. The predicted octanol–water partition coefficient (Wildman–Crippen LogP) is 2.59. The number of benzene rings is 1. The van der Waals surface area contributed by atoms with Gasteiger partial charge in [-0.05, 0) is 44.2 Å². The Morgan fingerprint density at radius 3 is 2.33 bits per heavy atom. The zero-order valence-electron chi connectivity index (χ0n) is 9.34. The molecule has 2 heteroatoms. The van der Waals surface area contributed by atoms with Crippen molar-refractivity contribution in [2.75, 3.05) is 0 Å². The molecule has 15 heavy (non-hydrogen) atoms. The molecule has 0 saturated heterocycles. The van der Waals surface area contributed by atoms with Crippen LogP contribution < -0.4 is 5.32 Å². The van der Waals surface area contributed by atoms with Gasteiger partial charge in [-0.25, -0.2) is 0 Å². The zero-order valence-corrected chi connectivity index (χ0v) is 9.34. The highest BCUT2D eigenvalue weighted by Crippen LogP contribution is 2.20. The number of hydrogen-bond acceptors (Lipinski definition) is 1. The normalized spacial score (nSPS) is 15.9. The molecule has 0 radical (unpaired) electrons. The van der Waals surface area contributed by atoms with Crippen molar-refractivity contribution in [3.63, 3.8) is 0 Å². The van der Waals surface area contributed by atoms with Crippen molar-refractivity contribution in [2.24, 2.45) is 0 Å². The molecule has 1 amide bonds. The van der Waals surface area contributed by atoms with Crippen LogP contribution >= 0.6 is 0 Å². The fraction of sp³-hybridized carbons (Fsp3) is 0.462. The quantitative estimate of drug-likeness (QED) is 0.786. The van der Waals surface area contributed by atoms with Crippen molar-refractivity contribution in [1.29, 1.82) is 0 Å². The molecule has 1 fully saturated rings. The minimum Gasteiger partial charge on any atom is -0.349 e. The van der Waals surface area contributed by atoms with Crippen molar-refractivity contribution in [3.8, 4) is 0 Å². The lowest BCUT2D eigenvalue weighted by Gasteiger charge is -2.27. The van der Waals surface area contributed by atoms with Gasteiger partial charge in [-0.15, -0.1) is 0 Å². The molecule has 1 aliphatic carbocycles. The van der Waals surface area contributed by atoms with Crippen LogP contribution in [-0.4, -0.2) is 11.9 Å². The van der Waals surface area contributed by atoms with Crippen molar-refractivity contribution in [2.45, 2.75) is 39.2 Å². The molecule has 0 unspecified atom stereocenters. The molecule has 0 heterocycles. The largest absolute Gasteiger partial charge is 0.349 e. The lowest BCUT2D eigenvalue weighted by atomic mass is 9.92. The van der Waals surface area contributed by atoms with Crippen LogP contribution in [0.3, 0.4) is 0 Å². The van der Waals surface area contributed by atoms with E-state index in [0.717, 1.165) is 29.5 Å². The number of rotatable bonds is 2. The molecule has 2 nitrogen and oxygen atoms in total. The Kier molecular flexibility index (Phi) is 2.76. The van der Waals surface area contributed by atoms with Crippen molar-refractivity contribution >= 4 is 5.91 Å². The molecule has 1 saturated carbocycles. The number of amides is 1. The second kappa shape index (κ2) is 4.05. The van der Waals surface area contributed by atoms with E-state index < -0.39 is 0 Å². The summed E-state index contributed by atoms with van der Waals surface area (Å²) in [6.07, 6.45) is 3.52. The summed E-state index contributed by atoms with van der Waals surface area (Å²) in [5.74, 6) is 0.0929. The van der Waals surface area contributed by atoms with E-state index in [1.54, 1.807) is 0 Å². The van der Waals surface area contributed by atoms with Crippen LogP contribution in [0.4, 0.5) is 0 Å². The van der Waals surface area contributed by atoms with Crippen LogP contribution in [-0.2, 0) is 0 Å². The van der Waals surface area contributed by atoms with Crippen LogP contribution in [0.2, 0.25) is 0 Å². The minimum atomic E-state index is 0.0929. The molecule has 0 spiro atoms. The van der Waals surface area contributed by atoms with Gasteiger partial charge in [0.05, 0.1) is 0 Å². The molecule has 1 aromatic rings. The summed E-state index contributed by atoms with van der Waals surface area (Å²) in [7, 11) is 0. The fourth-order valence-electron chi connectivity index (χ4n) is 1.98. The van der Waals surface area contributed by atoms with Crippen LogP contribution in [0.25, 0.3) is 0 Å². The van der Waals surface area contributed by atoms with E-state index >= 15 is 0 Å². The first-order valence-corrected chi connectivity index (χ1v) is 5.55. The highest BCUT2D eigenvalue weighted by atomic mass is 16.1. The minimum absolute atomic E-state index is 0.0929. The highest BCUT2D eigenvalue weighted by Gasteiger charge is 2.21. The molecule has 0 aliphatic heterocycles. The van der Waals surface area contributed by atoms with Gasteiger partial charge in [-0.2, -0.15) is 0 Å². The maximum Gasteiger partial charge on any atom is 0.252 e. The monoisotopic (exact) mass is 203 g/mol. The summed E-state index contributed by atoms with van der Waals surface area (Å²) in [6.45, 7) is 3.98. The first kappa shape index (κ1) is 10.2. The SMILES string of the molecule is Cc1cccc(C)c1C(=O)NC1CCC1. The van der Waals surface area contributed by atoms with Crippen molar-refractivity contribution < 1.29 is 4.79 Å². The van der Waals surface area contributed by atoms with Gasteiger partial charge < -0.3 is 5.32 Å². The Morgan fingerprint density at radius 2 is 1.87 bits per heavy atom. The van der Waals surface area contributed by atoms with Crippen LogP contribution in [0.1, 0.15) is 40.7 Å². The summed E-state index contributed by atoms with van der Waals surface area (Å²) in [5, 5.41) is 3.08. The number of hydrogen-bond donors (Lipinski definition) is 1. The molecular formula is C13H17NO. The van der Waals surface area contributed by atoms with Crippen molar-refractivity contribution in [1.82, 2.24) is 5.32 Å². The Morgan fingerprint density at radius 1 is 1.27 bits per heavy atom.